The van der Waals surface area contributed by atoms with Crippen molar-refractivity contribution in [2.24, 2.45) is 0 Å². The van der Waals surface area contributed by atoms with E-state index in [-0.39, 0.29) is 5.78 Å². The molecule has 0 aliphatic heterocycles. The largest absolute Gasteiger partial charge is 0.323 e. The predicted octanol–water partition coefficient (Wildman–Crippen LogP) is 5.03. The Morgan fingerprint density at radius 2 is 1.59 bits per heavy atom. The van der Waals surface area contributed by atoms with Crippen LogP contribution in [0.2, 0.25) is 0 Å². The second kappa shape index (κ2) is 8.91. The van der Waals surface area contributed by atoms with E-state index in [9.17, 15) is 14.0 Å². The fourth-order valence-electron chi connectivity index (χ4n) is 3.45. The molecule has 0 fully saturated rings. The average Bonchev–Trinajstić information content (AvgIpc) is 3.38. The second-order valence-electron chi connectivity index (χ2n) is 7.45. The van der Waals surface area contributed by atoms with Crippen LogP contribution in [-0.2, 0) is 0 Å². The molecular weight excluding hydrogens is 435 g/mol. The maximum Gasteiger partial charge on any atom is 0.323 e. The maximum atomic E-state index is 13.3. The van der Waals surface area contributed by atoms with Gasteiger partial charge in [-0.3, -0.25) is 14.9 Å². The Morgan fingerprint density at radius 1 is 0.824 bits per heavy atom. The van der Waals surface area contributed by atoms with Gasteiger partial charge in [-0.2, -0.15) is 5.10 Å². The number of nitrogens with zero attached hydrogens (tertiary/aromatic N) is 3. The van der Waals surface area contributed by atoms with Crippen LogP contribution in [0.4, 0.5) is 20.6 Å². The molecule has 0 unspecified atom stereocenters. The van der Waals surface area contributed by atoms with Crippen molar-refractivity contribution in [2.75, 3.05) is 10.6 Å². The average molecular weight is 452 g/mol. The quantitative estimate of drug-likeness (QED) is 0.324. The van der Waals surface area contributed by atoms with Gasteiger partial charge in [0.15, 0.2) is 5.78 Å². The highest BCUT2D eigenvalue weighted by molar-refractivity contribution is 6.11. The molecule has 0 saturated carbocycles. The number of amides is 2. The number of urea groups is 1. The highest BCUT2D eigenvalue weighted by Crippen LogP contribution is 2.21. The smallest absolute Gasteiger partial charge is 0.308 e. The Kier molecular flexibility index (Phi) is 5.49. The van der Waals surface area contributed by atoms with Gasteiger partial charge in [-0.1, -0.05) is 18.2 Å². The number of aromatic nitrogens is 4. The summed E-state index contributed by atoms with van der Waals surface area (Å²) < 4.78 is 13.3. The molecule has 8 nitrogen and oxygen atoms in total. The van der Waals surface area contributed by atoms with Crippen LogP contribution in [0.25, 0.3) is 22.3 Å². The molecule has 0 bridgehead atoms. The van der Waals surface area contributed by atoms with Crippen LogP contribution in [0.5, 0.6) is 0 Å². The molecule has 3 N–H and O–H groups in total. The van der Waals surface area contributed by atoms with Crippen molar-refractivity contribution in [3.63, 3.8) is 0 Å². The van der Waals surface area contributed by atoms with Crippen molar-refractivity contribution in [3.8, 4) is 11.3 Å². The summed E-state index contributed by atoms with van der Waals surface area (Å²) in [6.45, 7) is 0. The van der Waals surface area contributed by atoms with Crippen LogP contribution in [0.15, 0.2) is 85.3 Å². The lowest BCUT2D eigenvalue weighted by Gasteiger charge is -2.09. The lowest BCUT2D eigenvalue weighted by atomic mass is 10.0. The first-order valence-corrected chi connectivity index (χ1v) is 10.3. The Labute approximate surface area is 192 Å². The number of hydrogen-bond acceptors (Lipinski definition) is 5. The van der Waals surface area contributed by atoms with E-state index in [1.165, 1.54) is 18.2 Å². The molecule has 2 amide bonds. The first-order chi connectivity index (χ1) is 16.5. The number of carbonyl (C=O) groups excluding carboxylic acids is 2. The molecule has 0 radical (unpaired) electrons. The van der Waals surface area contributed by atoms with Crippen LogP contribution >= 0.6 is 0 Å². The van der Waals surface area contributed by atoms with Crippen LogP contribution in [-0.4, -0.2) is 32.0 Å². The van der Waals surface area contributed by atoms with Gasteiger partial charge in [-0.15, -0.1) is 0 Å². The van der Waals surface area contributed by atoms with E-state index in [1.807, 2.05) is 0 Å². The van der Waals surface area contributed by atoms with Crippen molar-refractivity contribution in [2.45, 2.75) is 0 Å². The number of anilines is 2. The second-order valence-corrected chi connectivity index (χ2v) is 7.45. The molecule has 3 aromatic carbocycles. The van der Waals surface area contributed by atoms with E-state index >= 15 is 0 Å². The fraction of sp³-hybridized carbons (Fsp3) is 0. The molecule has 0 spiro atoms. The first-order valence-electron chi connectivity index (χ1n) is 10.3. The van der Waals surface area contributed by atoms with Gasteiger partial charge in [-0.05, 0) is 48.5 Å². The van der Waals surface area contributed by atoms with Gasteiger partial charge < -0.3 is 10.6 Å². The Bertz CT molecular complexity index is 1520. The highest BCUT2D eigenvalue weighted by Gasteiger charge is 2.13. The first kappa shape index (κ1) is 21.0. The highest BCUT2D eigenvalue weighted by atomic mass is 19.1. The molecule has 0 saturated heterocycles. The molecule has 0 atom stereocenters. The zero-order valence-corrected chi connectivity index (χ0v) is 17.6. The van der Waals surface area contributed by atoms with Crippen LogP contribution < -0.4 is 10.6 Å². The Balaban J connectivity index is 1.36. The number of halogens is 1. The van der Waals surface area contributed by atoms with Crippen LogP contribution in [0, 0.1) is 5.82 Å². The van der Waals surface area contributed by atoms with E-state index in [0.717, 1.165) is 5.56 Å². The molecule has 0 aliphatic rings. The summed E-state index contributed by atoms with van der Waals surface area (Å²) in [5, 5.41) is 11.9. The monoisotopic (exact) mass is 452 g/mol. The van der Waals surface area contributed by atoms with Crippen molar-refractivity contribution in [1.29, 1.82) is 0 Å². The molecule has 9 heteroatoms. The topological polar surface area (TPSA) is 113 Å². The van der Waals surface area contributed by atoms with E-state index < -0.39 is 11.8 Å². The van der Waals surface area contributed by atoms with Crippen molar-refractivity contribution < 1.29 is 14.0 Å². The molecular formula is C25H17FN6O2. The zero-order valence-electron chi connectivity index (χ0n) is 17.6. The number of fused-ring (bicyclic) bond motifs is 1. The minimum atomic E-state index is -0.553. The van der Waals surface area contributed by atoms with Crippen LogP contribution in [0.3, 0.4) is 0 Å². The van der Waals surface area contributed by atoms with Gasteiger partial charge in [0.2, 0.25) is 0 Å². The number of aromatic amines is 1. The number of carbonyl (C=O) groups is 2. The summed E-state index contributed by atoms with van der Waals surface area (Å²) in [6, 6.07) is 16.7. The van der Waals surface area contributed by atoms with E-state index in [1.54, 1.807) is 67.1 Å². The number of H-pyrrole nitrogens is 1. The van der Waals surface area contributed by atoms with E-state index in [4.69, 9.17) is 0 Å². The third-order valence-electron chi connectivity index (χ3n) is 5.06. The standard InChI is InChI=1S/C25H17FN6O2/c26-18-4-2-6-20(11-18)31-25(34)30-19-5-1-3-15(9-19)24(33)16-7-8-21-22(10-16)32-23(14-27-21)17-12-28-29-13-17/h1-14H,(H,28,29)(H2,30,31,34). The summed E-state index contributed by atoms with van der Waals surface area (Å²) in [7, 11) is 0. The van der Waals surface area contributed by atoms with Gasteiger partial charge in [0.05, 0.1) is 29.1 Å². The minimum Gasteiger partial charge on any atom is -0.308 e. The number of ketones is 1. The summed E-state index contributed by atoms with van der Waals surface area (Å²) in [5.74, 6) is -0.686. The van der Waals surface area contributed by atoms with E-state index in [0.29, 0.717) is 39.2 Å². The summed E-state index contributed by atoms with van der Waals surface area (Å²) in [6.07, 6.45) is 5.01. The molecule has 0 aliphatic carbocycles. The van der Waals surface area contributed by atoms with Gasteiger partial charge in [-0.25, -0.2) is 14.2 Å². The van der Waals surface area contributed by atoms with Crippen LogP contribution in [0.1, 0.15) is 15.9 Å². The number of benzene rings is 3. The lowest BCUT2D eigenvalue weighted by molar-refractivity contribution is 0.103. The molecule has 2 aromatic heterocycles. The number of nitrogens with one attached hydrogen (secondary N) is 3. The number of hydrogen-bond donors (Lipinski definition) is 3. The Hall–Kier alpha value is -4.92. The Morgan fingerprint density at radius 3 is 2.35 bits per heavy atom. The molecule has 166 valence electrons. The summed E-state index contributed by atoms with van der Waals surface area (Å²) in [5.41, 5.74) is 4.23. The number of rotatable bonds is 5. The van der Waals surface area contributed by atoms with Gasteiger partial charge >= 0.3 is 6.03 Å². The van der Waals surface area contributed by atoms with Crippen molar-refractivity contribution >= 4 is 34.2 Å². The van der Waals surface area contributed by atoms with Crippen molar-refractivity contribution in [1.82, 2.24) is 20.2 Å². The predicted molar refractivity (Wildman–Crippen MR) is 126 cm³/mol. The third kappa shape index (κ3) is 4.49. The van der Waals surface area contributed by atoms with Crippen molar-refractivity contribution in [3.05, 3.63) is 102 Å². The lowest BCUT2D eigenvalue weighted by Crippen LogP contribution is -2.19. The maximum absolute atomic E-state index is 13.3. The molecule has 5 aromatic rings. The molecule has 5 rings (SSSR count). The molecule has 34 heavy (non-hydrogen) atoms. The minimum absolute atomic E-state index is 0.230. The van der Waals surface area contributed by atoms with Gasteiger partial charge in [0.25, 0.3) is 0 Å². The van der Waals surface area contributed by atoms with Gasteiger partial charge in [0, 0.05) is 34.3 Å². The van der Waals surface area contributed by atoms with E-state index in [2.05, 4.69) is 30.8 Å². The summed E-state index contributed by atoms with van der Waals surface area (Å²) in [4.78, 5) is 34.4. The fourth-order valence-corrected chi connectivity index (χ4v) is 3.45. The zero-order chi connectivity index (χ0) is 23.5. The van der Waals surface area contributed by atoms with Gasteiger partial charge in [0.1, 0.15) is 5.82 Å². The SMILES string of the molecule is O=C(Nc1cccc(F)c1)Nc1cccc(C(=O)c2ccc3ncc(-c4cn[nH]c4)nc3c2)c1. The normalized spacial score (nSPS) is 10.7. The summed E-state index contributed by atoms with van der Waals surface area (Å²) >= 11 is 0. The molecule has 2 heterocycles. The third-order valence-corrected chi connectivity index (χ3v) is 5.06.